The number of hydrogen-bond donors (Lipinski definition) is 0. The smallest absolute Gasteiger partial charge is 0.138 e. The van der Waals surface area contributed by atoms with E-state index in [4.69, 9.17) is 4.84 Å². The summed E-state index contributed by atoms with van der Waals surface area (Å²) in [5, 5.41) is 1.91. The van der Waals surface area contributed by atoms with Gasteiger partial charge in [0.05, 0.1) is 5.56 Å². The van der Waals surface area contributed by atoms with E-state index >= 15 is 0 Å². The molecule has 1 aliphatic rings. The maximum atomic E-state index is 13.2. The van der Waals surface area contributed by atoms with E-state index < -0.39 is 0 Å². The van der Waals surface area contributed by atoms with Gasteiger partial charge < -0.3 is 0 Å². The van der Waals surface area contributed by atoms with E-state index in [0.29, 0.717) is 12.2 Å². The van der Waals surface area contributed by atoms with Crippen LogP contribution in [-0.4, -0.2) is 24.8 Å². The summed E-state index contributed by atoms with van der Waals surface area (Å²) in [7, 11) is 0. The lowest BCUT2D eigenvalue weighted by molar-refractivity contribution is -0.128. The summed E-state index contributed by atoms with van der Waals surface area (Å²) in [5.74, 6) is 5.29. The normalized spacial score (nSPS) is 15.8. The molecule has 0 atom stereocenters. The topological polar surface area (TPSA) is 12.5 Å². The second-order valence-electron chi connectivity index (χ2n) is 3.69. The Morgan fingerprint density at radius 3 is 2.75 bits per heavy atom. The second kappa shape index (κ2) is 5.64. The molecular weight excluding hydrogens is 205 g/mol. The fourth-order valence-electron chi connectivity index (χ4n) is 1.63. The van der Waals surface area contributed by atoms with E-state index in [9.17, 15) is 4.39 Å². The molecule has 1 aliphatic heterocycles. The Bertz CT molecular complexity index is 402. The molecule has 2 nitrogen and oxygen atoms in total. The zero-order valence-electron chi connectivity index (χ0n) is 9.08. The second-order valence-corrected chi connectivity index (χ2v) is 3.69. The van der Waals surface area contributed by atoms with Crippen LogP contribution in [0.3, 0.4) is 0 Å². The van der Waals surface area contributed by atoms with Gasteiger partial charge in [0.15, 0.2) is 0 Å². The molecule has 0 spiro atoms. The van der Waals surface area contributed by atoms with Crippen LogP contribution in [0.2, 0.25) is 0 Å². The van der Waals surface area contributed by atoms with Gasteiger partial charge in [0.1, 0.15) is 12.4 Å². The molecule has 0 amide bonds. The highest BCUT2D eigenvalue weighted by atomic mass is 19.1. The summed E-state index contributed by atoms with van der Waals surface area (Å²) < 4.78 is 13.2. The molecular formula is C13H14FNO. The molecule has 16 heavy (non-hydrogen) atoms. The molecule has 1 fully saturated rings. The summed E-state index contributed by atoms with van der Waals surface area (Å²) in [6, 6.07) is 6.50. The molecule has 1 aromatic rings. The summed E-state index contributed by atoms with van der Waals surface area (Å²) in [4.78, 5) is 5.40. The standard InChI is InChI=1S/C13H14FNO/c14-13-8-2-1-6-12(13)7-5-11-16-15-9-3-4-10-15/h1-2,6,8H,3-4,9-11H2. The lowest BCUT2D eigenvalue weighted by atomic mass is 10.2. The Labute approximate surface area is 95.0 Å². The number of halogens is 1. The highest BCUT2D eigenvalue weighted by Crippen LogP contribution is 2.07. The van der Waals surface area contributed by atoms with Crippen LogP contribution < -0.4 is 0 Å². The lowest BCUT2D eigenvalue weighted by Gasteiger charge is -2.11. The molecule has 84 valence electrons. The maximum Gasteiger partial charge on any atom is 0.138 e. The van der Waals surface area contributed by atoms with Crippen LogP contribution in [0.1, 0.15) is 18.4 Å². The van der Waals surface area contributed by atoms with E-state index in [1.54, 1.807) is 18.2 Å². The minimum Gasteiger partial charge on any atom is -0.286 e. The lowest BCUT2D eigenvalue weighted by Crippen LogP contribution is -2.19. The minimum atomic E-state index is -0.281. The van der Waals surface area contributed by atoms with Gasteiger partial charge in [-0.3, -0.25) is 4.84 Å². The quantitative estimate of drug-likeness (QED) is 0.707. The van der Waals surface area contributed by atoms with Gasteiger partial charge in [-0.1, -0.05) is 24.0 Å². The van der Waals surface area contributed by atoms with Gasteiger partial charge in [-0.05, 0) is 25.0 Å². The Morgan fingerprint density at radius 2 is 2.00 bits per heavy atom. The number of benzene rings is 1. The van der Waals surface area contributed by atoms with E-state index in [2.05, 4.69) is 11.8 Å². The number of rotatable bonds is 2. The van der Waals surface area contributed by atoms with Gasteiger partial charge in [0.2, 0.25) is 0 Å². The fourth-order valence-corrected chi connectivity index (χ4v) is 1.63. The third-order valence-corrected chi connectivity index (χ3v) is 2.48. The van der Waals surface area contributed by atoms with Crippen molar-refractivity contribution in [3.8, 4) is 11.8 Å². The van der Waals surface area contributed by atoms with Crippen molar-refractivity contribution in [2.75, 3.05) is 19.7 Å². The molecule has 0 saturated carbocycles. The van der Waals surface area contributed by atoms with Crippen molar-refractivity contribution in [3.63, 3.8) is 0 Å². The summed E-state index contributed by atoms with van der Waals surface area (Å²) in [6.45, 7) is 2.27. The predicted molar refractivity (Wildman–Crippen MR) is 60.0 cm³/mol. The van der Waals surface area contributed by atoms with Gasteiger partial charge in [0.25, 0.3) is 0 Å². The van der Waals surface area contributed by atoms with Gasteiger partial charge in [-0.15, -0.1) is 0 Å². The first kappa shape index (κ1) is 11.1. The number of hydrogen-bond acceptors (Lipinski definition) is 2. The molecule has 3 heteroatoms. The molecule has 0 aromatic heterocycles. The van der Waals surface area contributed by atoms with Crippen LogP contribution in [0.25, 0.3) is 0 Å². The Balaban J connectivity index is 1.83. The predicted octanol–water partition coefficient (Wildman–Crippen LogP) is 2.20. The molecule has 1 saturated heterocycles. The Hall–Kier alpha value is -1.37. The highest BCUT2D eigenvalue weighted by Gasteiger charge is 2.10. The molecule has 0 N–H and O–H groups in total. The summed E-state index contributed by atoms with van der Waals surface area (Å²) >= 11 is 0. The first-order valence-corrected chi connectivity index (χ1v) is 5.47. The number of hydroxylamine groups is 2. The zero-order chi connectivity index (χ0) is 11.2. The van der Waals surface area contributed by atoms with Crippen LogP contribution in [0.15, 0.2) is 24.3 Å². The van der Waals surface area contributed by atoms with Crippen LogP contribution in [0.4, 0.5) is 4.39 Å². The van der Waals surface area contributed by atoms with Crippen molar-refractivity contribution in [1.82, 2.24) is 5.06 Å². The largest absolute Gasteiger partial charge is 0.286 e. The van der Waals surface area contributed by atoms with Crippen LogP contribution >= 0.6 is 0 Å². The highest BCUT2D eigenvalue weighted by molar-refractivity contribution is 5.35. The van der Waals surface area contributed by atoms with E-state index in [1.165, 1.54) is 18.9 Å². The first-order chi connectivity index (χ1) is 7.86. The van der Waals surface area contributed by atoms with Crippen molar-refractivity contribution >= 4 is 0 Å². The maximum absolute atomic E-state index is 13.2. The summed E-state index contributed by atoms with van der Waals surface area (Å²) in [5.41, 5.74) is 0.424. The summed E-state index contributed by atoms with van der Waals surface area (Å²) in [6.07, 6.45) is 2.36. The first-order valence-electron chi connectivity index (χ1n) is 5.47. The van der Waals surface area contributed by atoms with Crippen LogP contribution in [-0.2, 0) is 4.84 Å². The van der Waals surface area contributed by atoms with Crippen LogP contribution in [0.5, 0.6) is 0 Å². The van der Waals surface area contributed by atoms with Crippen molar-refractivity contribution < 1.29 is 9.23 Å². The SMILES string of the molecule is Fc1ccccc1C#CCON1CCCC1. The molecule has 0 unspecified atom stereocenters. The van der Waals surface area contributed by atoms with Gasteiger partial charge >= 0.3 is 0 Å². The van der Waals surface area contributed by atoms with Gasteiger partial charge in [-0.2, -0.15) is 5.06 Å². The number of nitrogens with zero attached hydrogens (tertiary/aromatic N) is 1. The van der Waals surface area contributed by atoms with Crippen molar-refractivity contribution in [2.24, 2.45) is 0 Å². The van der Waals surface area contributed by atoms with Gasteiger partial charge in [-0.25, -0.2) is 4.39 Å². The molecule has 1 aromatic carbocycles. The average Bonchev–Trinajstić information content (AvgIpc) is 2.79. The van der Waals surface area contributed by atoms with E-state index in [-0.39, 0.29) is 5.82 Å². The molecule has 2 rings (SSSR count). The van der Waals surface area contributed by atoms with Crippen LogP contribution in [0, 0.1) is 17.7 Å². The molecule has 1 heterocycles. The monoisotopic (exact) mass is 219 g/mol. The zero-order valence-corrected chi connectivity index (χ0v) is 9.08. The van der Waals surface area contributed by atoms with Crippen molar-refractivity contribution in [1.29, 1.82) is 0 Å². The molecule has 0 aliphatic carbocycles. The van der Waals surface area contributed by atoms with Crippen molar-refractivity contribution in [3.05, 3.63) is 35.6 Å². The Kier molecular flexibility index (Phi) is 3.92. The molecule has 0 bridgehead atoms. The molecule has 0 radical (unpaired) electrons. The third-order valence-electron chi connectivity index (χ3n) is 2.48. The van der Waals surface area contributed by atoms with E-state index in [1.807, 2.05) is 5.06 Å². The van der Waals surface area contributed by atoms with Crippen molar-refractivity contribution in [2.45, 2.75) is 12.8 Å². The fraction of sp³-hybridized carbons (Fsp3) is 0.385. The van der Waals surface area contributed by atoms with Gasteiger partial charge in [0, 0.05) is 13.1 Å². The average molecular weight is 219 g/mol. The van der Waals surface area contributed by atoms with E-state index in [0.717, 1.165) is 13.1 Å². The third kappa shape index (κ3) is 3.06. The minimum absolute atomic E-state index is 0.281. The Morgan fingerprint density at radius 1 is 1.25 bits per heavy atom.